The molecule has 2 aromatic rings. The zero-order valence-electron chi connectivity index (χ0n) is 6.02. The average molecular weight is 164 g/mol. The molecule has 0 saturated heterocycles. The van der Waals surface area contributed by atoms with Crippen LogP contribution in [0, 0.1) is 0 Å². The van der Waals surface area contributed by atoms with Gasteiger partial charge in [0.05, 0.1) is 0 Å². The van der Waals surface area contributed by atoms with E-state index < -0.39 is 0 Å². The number of hydrogen-bond acceptors (Lipinski definition) is 6. The van der Waals surface area contributed by atoms with Gasteiger partial charge in [-0.1, -0.05) is 10.3 Å². The summed E-state index contributed by atoms with van der Waals surface area (Å²) in [6, 6.07) is 0. The number of aromatic nitrogens is 4. The van der Waals surface area contributed by atoms with E-state index in [0.717, 1.165) is 24.2 Å². The zero-order valence-corrected chi connectivity index (χ0v) is 6.02. The van der Waals surface area contributed by atoms with Gasteiger partial charge < -0.3 is 0 Å². The van der Waals surface area contributed by atoms with Crippen molar-refractivity contribution < 1.29 is 9.26 Å². The van der Waals surface area contributed by atoms with E-state index in [0.29, 0.717) is 11.4 Å². The van der Waals surface area contributed by atoms with Crippen LogP contribution in [0.25, 0.3) is 11.4 Å². The Labute approximate surface area is 66.5 Å². The Hall–Kier alpha value is -1.72. The maximum absolute atomic E-state index is 4.58. The Morgan fingerprint density at radius 3 is 1.75 bits per heavy atom. The summed E-state index contributed by atoms with van der Waals surface area (Å²) in [5.41, 5.74) is 2.99. The summed E-state index contributed by atoms with van der Waals surface area (Å²) in [5.74, 6) is 0. The molecule has 0 aliphatic heterocycles. The van der Waals surface area contributed by atoms with Crippen LogP contribution in [-0.4, -0.2) is 20.6 Å². The van der Waals surface area contributed by atoms with Crippen LogP contribution in [0.2, 0.25) is 0 Å². The molecule has 0 unspecified atom stereocenters. The monoisotopic (exact) mass is 164 g/mol. The highest BCUT2D eigenvalue weighted by Crippen LogP contribution is 2.27. The first-order valence-corrected chi connectivity index (χ1v) is 3.58. The van der Waals surface area contributed by atoms with Crippen molar-refractivity contribution in [2.45, 2.75) is 12.8 Å². The third-order valence-electron chi connectivity index (χ3n) is 1.94. The highest BCUT2D eigenvalue weighted by Gasteiger charge is 2.25. The van der Waals surface area contributed by atoms with Crippen molar-refractivity contribution in [3.05, 3.63) is 11.4 Å². The van der Waals surface area contributed by atoms with Crippen LogP contribution in [0.3, 0.4) is 0 Å². The maximum atomic E-state index is 4.58. The average Bonchev–Trinajstić information content (AvgIpc) is 2.71. The fraction of sp³-hybridized carbons (Fsp3) is 0.333. The Balaban J connectivity index is 2.32. The number of hydrogen-bond donors (Lipinski definition) is 0. The summed E-state index contributed by atoms with van der Waals surface area (Å²) in [6.45, 7) is 0. The van der Waals surface area contributed by atoms with Gasteiger partial charge in [-0.25, -0.2) is 9.26 Å². The van der Waals surface area contributed by atoms with Crippen LogP contribution < -0.4 is 0 Å². The predicted octanol–water partition coefficient (Wildman–Crippen LogP) is 0.218. The predicted molar refractivity (Wildman–Crippen MR) is 35.0 cm³/mol. The fourth-order valence-electron chi connectivity index (χ4n) is 1.34. The molecular formula is C6H4N4O2. The second kappa shape index (κ2) is 1.90. The minimum Gasteiger partial charge on any atom is -0.244 e. The first-order valence-electron chi connectivity index (χ1n) is 3.58. The lowest BCUT2D eigenvalue weighted by Crippen LogP contribution is -2.02. The SMILES string of the molecule is C1Cc2nonc2-c2nonc21. The molecule has 12 heavy (non-hydrogen) atoms. The lowest BCUT2D eigenvalue weighted by Gasteiger charge is -2.01. The summed E-state index contributed by atoms with van der Waals surface area (Å²) in [6.07, 6.45) is 1.58. The molecule has 0 N–H and O–H groups in total. The van der Waals surface area contributed by atoms with Crippen molar-refractivity contribution in [2.75, 3.05) is 0 Å². The highest BCUT2D eigenvalue weighted by atomic mass is 16.6. The molecule has 6 heteroatoms. The van der Waals surface area contributed by atoms with Crippen molar-refractivity contribution in [3.8, 4) is 11.4 Å². The molecule has 0 saturated carbocycles. The molecule has 60 valence electrons. The molecule has 1 aliphatic rings. The van der Waals surface area contributed by atoms with Crippen LogP contribution in [0.1, 0.15) is 11.4 Å². The van der Waals surface area contributed by atoms with Crippen molar-refractivity contribution in [1.29, 1.82) is 0 Å². The molecule has 0 bridgehead atoms. The standard InChI is InChI=1S/C6H4N4O2/c1-2-4-6(10-12-8-4)5-3(1)7-11-9-5/h1-2H2. The number of rotatable bonds is 0. The first-order chi connectivity index (χ1) is 5.95. The van der Waals surface area contributed by atoms with Gasteiger partial charge in [-0.2, -0.15) is 0 Å². The minimum absolute atomic E-state index is 0.664. The normalized spacial score (nSPS) is 14.0. The van der Waals surface area contributed by atoms with E-state index in [9.17, 15) is 0 Å². The topological polar surface area (TPSA) is 77.8 Å². The number of fused-ring (bicyclic) bond motifs is 3. The summed E-state index contributed by atoms with van der Waals surface area (Å²) >= 11 is 0. The van der Waals surface area contributed by atoms with E-state index >= 15 is 0 Å². The van der Waals surface area contributed by atoms with Gasteiger partial charge in [0.2, 0.25) is 0 Å². The van der Waals surface area contributed by atoms with Crippen molar-refractivity contribution in [1.82, 2.24) is 20.6 Å². The van der Waals surface area contributed by atoms with Crippen LogP contribution in [0.15, 0.2) is 9.26 Å². The molecule has 0 aromatic carbocycles. The van der Waals surface area contributed by atoms with E-state index in [2.05, 4.69) is 29.9 Å². The lowest BCUT2D eigenvalue weighted by molar-refractivity contribution is 0.297. The molecular weight excluding hydrogens is 160 g/mol. The molecule has 0 fully saturated rings. The van der Waals surface area contributed by atoms with Crippen LogP contribution >= 0.6 is 0 Å². The smallest absolute Gasteiger partial charge is 0.162 e. The summed E-state index contributed by atoms with van der Waals surface area (Å²) in [7, 11) is 0. The Morgan fingerprint density at radius 2 is 1.25 bits per heavy atom. The summed E-state index contributed by atoms with van der Waals surface area (Å²) in [4.78, 5) is 0. The Morgan fingerprint density at radius 1 is 0.750 bits per heavy atom. The molecule has 0 atom stereocenters. The highest BCUT2D eigenvalue weighted by molar-refractivity contribution is 5.60. The Bertz CT molecular complexity index is 378. The molecule has 2 aromatic heterocycles. The van der Waals surface area contributed by atoms with Crippen LogP contribution in [-0.2, 0) is 12.8 Å². The van der Waals surface area contributed by atoms with E-state index in [1.807, 2.05) is 0 Å². The maximum Gasteiger partial charge on any atom is 0.162 e. The number of aryl methyl sites for hydroxylation is 2. The largest absolute Gasteiger partial charge is 0.244 e. The van der Waals surface area contributed by atoms with Gasteiger partial charge in [0.25, 0.3) is 0 Å². The zero-order chi connectivity index (χ0) is 7.97. The third-order valence-corrected chi connectivity index (χ3v) is 1.94. The van der Waals surface area contributed by atoms with Gasteiger partial charge in [0.1, 0.15) is 11.4 Å². The lowest BCUT2D eigenvalue weighted by atomic mass is 10.0. The van der Waals surface area contributed by atoms with Crippen molar-refractivity contribution in [2.24, 2.45) is 0 Å². The quantitative estimate of drug-likeness (QED) is 0.554. The Kier molecular flexibility index (Phi) is 0.931. The number of nitrogens with zero attached hydrogens (tertiary/aromatic N) is 4. The van der Waals surface area contributed by atoms with Gasteiger partial charge in [-0.15, -0.1) is 0 Å². The first kappa shape index (κ1) is 5.87. The van der Waals surface area contributed by atoms with Gasteiger partial charge >= 0.3 is 0 Å². The van der Waals surface area contributed by atoms with E-state index in [-0.39, 0.29) is 0 Å². The molecule has 0 amide bonds. The summed E-state index contributed by atoms with van der Waals surface area (Å²) in [5, 5.41) is 14.9. The molecule has 0 spiro atoms. The second-order valence-corrected chi connectivity index (χ2v) is 2.62. The second-order valence-electron chi connectivity index (χ2n) is 2.62. The molecule has 1 aliphatic carbocycles. The van der Waals surface area contributed by atoms with Crippen molar-refractivity contribution >= 4 is 0 Å². The molecule has 3 rings (SSSR count). The van der Waals surface area contributed by atoms with E-state index in [1.165, 1.54) is 0 Å². The molecule has 6 nitrogen and oxygen atoms in total. The van der Waals surface area contributed by atoms with Gasteiger partial charge in [-0.3, -0.25) is 0 Å². The molecule has 2 heterocycles. The molecule has 0 radical (unpaired) electrons. The minimum atomic E-state index is 0.664. The van der Waals surface area contributed by atoms with Crippen LogP contribution in [0.5, 0.6) is 0 Å². The van der Waals surface area contributed by atoms with E-state index in [1.54, 1.807) is 0 Å². The summed E-state index contributed by atoms with van der Waals surface area (Å²) < 4.78 is 9.17. The van der Waals surface area contributed by atoms with Gasteiger partial charge in [-0.05, 0) is 10.3 Å². The van der Waals surface area contributed by atoms with Crippen LogP contribution in [0.4, 0.5) is 0 Å². The van der Waals surface area contributed by atoms with Crippen molar-refractivity contribution in [3.63, 3.8) is 0 Å². The van der Waals surface area contributed by atoms with E-state index in [4.69, 9.17) is 0 Å². The van der Waals surface area contributed by atoms with Gasteiger partial charge in [0.15, 0.2) is 11.4 Å². The third kappa shape index (κ3) is 0.590. The fourth-order valence-corrected chi connectivity index (χ4v) is 1.34. The van der Waals surface area contributed by atoms with Gasteiger partial charge in [0, 0.05) is 12.8 Å².